The van der Waals surface area contributed by atoms with E-state index >= 15 is 0 Å². The Labute approximate surface area is 161 Å². The third-order valence-corrected chi connectivity index (χ3v) is 4.77. The molecule has 1 heterocycles. The maximum absolute atomic E-state index is 12.2. The number of hydrogen-bond acceptors (Lipinski definition) is 5. The minimum Gasteiger partial charge on any atom is -0.545 e. The molecule has 0 saturated heterocycles. The summed E-state index contributed by atoms with van der Waals surface area (Å²) in [6.45, 7) is 0. The van der Waals surface area contributed by atoms with Crippen molar-refractivity contribution in [3.05, 3.63) is 52.3 Å². The van der Waals surface area contributed by atoms with E-state index in [2.05, 4.69) is 5.32 Å². The van der Waals surface area contributed by atoms with Gasteiger partial charge in [0.05, 0.1) is 5.97 Å². The lowest BCUT2D eigenvalue weighted by atomic mass is 10.1. The van der Waals surface area contributed by atoms with Crippen molar-refractivity contribution in [1.29, 1.82) is 5.26 Å². The minimum atomic E-state index is -1.39. The molecule has 1 saturated carbocycles. The Morgan fingerprint density at radius 3 is 2.67 bits per heavy atom. The van der Waals surface area contributed by atoms with Crippen LogP contribution in [0.3, 0.4) is 0 Å². The number of aromatic carboxylic acids is 1. The number of furan rings is 1. The number of carboxylic acids is 1. The fraction of sp³-hybridized carbons (Fsp3) is 0.250. The van der Waals surface area contributed by atoms with Gasteiger partial charge in [0.15, 0.2) is 0 Å². The van der Waals surface area contributed by atoms with Crippen LogP contribution < -0.4 is 10.4 Å². The van der Waals surface area contributed by atoms with Gasteiger partial charge in [-0.2, -0.15) is 5.26 Å². The van der Waals surface area contributed by atoms with E-state index in [1.807, 2.05) is 6.07 Å². The summed E-state index contributed by atoms with van der Waals surface area (Å²) < 4.78 is 5.63. The lowest BCUT2D eigenvalue weighted by molar-refractivity contribution is -0.255. The van der Waals surface area contributed by atoms with Crippen molar-refractivity contribution >= 4 is 29.6 Å². The average molecular weight is 384 g/mol. The predicted molar refractivity (Wildman–Crippen MR) is 97.5 cm³/mol. The molecule has 0 radical (unpaired) electrons. The van der Waals surface area contributed by atoms with E-state index in [-0.39, 0.29) is 22.2 Å². The van der Waals surface area contributed by atoms with Gasteiger partial charge in [-0.05, 0) is 43.2 Å². The van der Waals surface area contributed by atoms with E-state index < -0.39 is 11.9 Å². The Morgan fingerprint density at radius 1 is 1.26 bits per heavy atom. The molecule has 27 heavy (non-hydrogen) atoms. The highest BCUT2D eigenvalue weighted by Crippen LogP contribution is 2.27. The first-order valence-electron chi connectivity index (χ1n) is 8.51. The molecular weight excluding hydrogens is 368 g/mol. The van der Waals surface area contributed by atoms with Gasteiger partial charge in [-0.25, -0.2) is 0 Å². The Morgan fingerprint density at radius 2 is 2.00 bits per heavy atom. The molecule has 6 nitrogen and oxygen atoms in total. The molecule has 1 amide bonds. The summed E-state index contributed by atoms with van der Waals surface area (Å²) in [5.74, 6) is -1.11. The van der Waals surface area contributed by atoms with Crippen LogP contribution in [0, 0.1) is 11.3 Å². The molecule has 1 aliphatic rings. The summed E-state index contributed by atoms with van der Waals surface area (Å²) >= 11 is 5.83. The highest BCUT2D eigenvalue weighted by atomic mass is 35.5. The second-order valence-electron chi connectivity index (χ2n) is 6.31. The van der Waals surface area contributed by atoms with E-state index in [0.29, 0.717) is 17.1 Å². The van der Waals surface area contributed by atoms with Crippen LogP contribution >= 0.6 is 11.6 Å². The number of hydrogen-bond donors (Lipinski definition) is 1. The summed E-state index contributed by atoms with van der Waals surface area (Å²) in [4.78, 5) is 23.3. The van der Waals surface area contributed by atoms with Crippen LogP contribution in [0.15, 0.2) is 40.3 Å². The topological polar surface area (TPSA) is 106 Å². The summed E-state index contributed by atoms with van der Waals surface area (Å²) in [7, 11) is 0. The van der Waals surface area contributed by atoms with Crippen molar-refractivity contribution in [3.8, 4) is 17.4 Å². The first-order chi connectivity index (χ1) is 13.0. The van der Waals surface area contributed by atoms with Crippen LogP contribution in [-0.2, 0) is 4.79 Å². The van der Waals surface area contributed by atoms with Crippen molar-refractivity contribution < 1.29 is 19.1 Å². The van der Waals surface area contributed by atoms with Crippen molar-refractivity contribution in [2.45, 2.75) is 31.7 Å². The van der Waals surface area contributed by atoms with E-state index in [4.69, 9.17) is 16.0 Å². The molecule has 0 atom stereocenters. The van der Waals surface area contributed by atoms with Gasteiger partial charge < -0.3 is 19.6 Å². The smallest absolute Gasteiger partial charge is 0.262 e. The van der Waals surface area contributed by atoms with Crippen LogP contribution in [0.5, 0.6) is 0 Å². The van der Waals surface area contributed by atoms with Crippen LogP contribution in [0.4, 0.5) is 0 Å². The van der Waals surface area contributed by atoms with Gasteiger partial charge in [0.25, 0.3) is 5.91 Å². The van der Waals surface area contributed by atoms with E-state index in [1.165, 1.54) is 18.2 Å². The van der Waals surface area contributed by atoms with Gasteiger partial charge in [0, 0.05) is 28.3 Å². The van der Waals surface area contributed by atoms with Crippen molar-refractivity contribution in [3.63, 3.8) is 0 Å². The predicted octanol–water partition coefficient (Wildman–Crippen LogP) is 2.93. The van der Waals surface area contributed by atoms with E-state index in [9.17, 15) is 20.0 Å². The van der Waals surface area contributed by atoms with E-state index in [0.717, 1.165) is 25.7 Å². The lowest BCUT2D eigenvalue weighted by Gasteiger charge is -2.10. The van der Waals surface area contributed by atoms with Gasteiger partial charge in [0.2, 0.25) is 0 Å². The Hall–Kier alpha value is -3.04. The van der Waals surface area contributed by atoms with Crippen molar-refractivity contribution in [1.82, 2.24) is 5.32 Å². The number of halogens is 1. The summed E-state index contributed by atoms with van der Waals surface area (Å²) in [5.41, 5.74) is 0.304. The highest BCUT2D eigenvalue weighted by molar-refractivity contribution is 6.33. The number of amides is 1. The molecule has 1 aromatic heterocycles. The van der Waals surface area contributed by atoms with Gasteiger partial charge in [0.1, 0.15) is 23.2 Å². The number of nitrogens with one attached hydrogen (secondary N) is 1. The van der Waals surface area contributed by atoms with Gasteiger partial charge in [-0.15, -0.1) is 0 Å². The Balaban J connectivity index is 1.81. The molecule has 0 spiro atoms. The van der Waals surface area contributed by atoms with Crippen LogP contribution in [0.2, 0.25) is 5.02 Å². The fourth-order valence-electron chi connectivity index (χ4n) is 3.04. The van der Waals surface area contributed by atoms with Gasteiger partial charge in [-0.1, -0.05) is 24.4 Å². The number of nitriles is 1. The molecule has 2 aromatic rings. The number of nitrogens with zero attached hydrogens (tertiary/aromatic N) is 1. The second-order valence-corrected chi connectivity index (χ2v) is 6.72. The average Bonchev–Trinajstić information content (AvgIpc) is 3.31. The first kappa shape index (κ1) is 18.7. The number of carbonyl (C=O) groups is 2. The molecule has 0 aliphatic heterocycles. The summed E-state index contributed by atoms with van der Waals surface area (Å²) in [6.07, 6.45) is 5.36. The fourth-order valence-corrected chi connectivity index (χ4v) is 3.24. The summed E-state index contributed by atoms with van der Waals surface area (Å²) in [5, 5.41) is 23.3. The van der Waals surface area contributed by atoms with Gasteiger partial charge in [-0.3, -0.25) is 4.79 Å². The molecule has 7 heteroatoms. The molecule has 3 rings (SSSR count). The van der Waals surface area contributed by atoms with E-state index in [1.54, 1.807) is 18.2 Å². The third kappa shape index (κ3) is 4.39. The standard InChI is InChI=1S/C20H17ClN2O4/c21-17-7-5-12(10-16(17)20(25)26)18-8-6-15(27-18)9-13(11-22)19(24)23-14-3-1-2-4-14/h5-10,14H,1-4H2,(H,23,24)(H,25,26)/p-1/b13-9-. The molecule has 0 unspecified atom stereocenters. The Bertz CT molecular complexity index is 949. The maximum atomic E-state index is 12.2. The quantitative estimate of drug-likeness (QED) is 0.631. The van der Waals surface area contributed by atoms with Gasteiger partial charge >= 0.3 is 0 Å². The normalized spacial score (nSPS) is 14.7. The largest absolute Gasteiger partial charge is 0.545 e. The third-order valence-electron chi connectivity index (χ3n) is 4.44. The molecule has 1 aliphatic carbocycles. The zero-order chi connectivity index (χ0) is 19.4. The number of benzene rings is 1. The van der Waals surface area contributed by atoms with Crippen LogP contribution in [0.1, 0.15) is 41.8 Å². The molecule has 0 bridgehead atoms. The van der Waals surface area contributed by atoms with Crippen molar-refractivity contribution in [2.24, 2.45) is 0 Å². The second kappa shape index (κ2) is 8.11. The highest BCUT2D eigenvalue weighted by Gasteiger charge is 2.19. The monoisotopic (exact) mass is 383 g/mol. The van der Waals surface area contributed by atoms with Crippen LogP contribution in [0.25, 0.3) is 17.4 Å². The number of carboxylic acid groups (broad SMARTS) is 1. The number of carbonyl (C=O) groups excluding carboxylic acids is 2. The lowest BCUT2D eigenvalue weighted by Crippen LogP contribution is -2.33. The number of rotatable bonds is 5. The molecule has 1 fully saturated rings. The zero-order valence-corrected chi connectivity index (χ0v) is 15.1. The maximum Gasteiger partial charge on any atom is 0.262 e. The molecule has 138 valence electrons. The first-order valence-corrected chi connectivity index (χ1v) is 8.89. The summed E-state index contributed by atoms with van der Waals surface area (Å²) in [6, 6.07) is 9.62. The zero-order valence-electron chi connectivity index (χ0n) is 14.3. The molecule has 1 aromatic carbocycles. The SMILES string of the molecule is N#C/C(=C/c1ccc(-c2ccc(Cl)c(C(=O)[O-])c2)o1)C(=O)NC1CCCC1. The minimum absolute atomic E-state index is 0.0469. The van der Waals surface area contributed by atoms with Crippen LogP contribution in [-0.4, -0.2) is 17.9 Å². The van der Waals surface area contributed by atoms with Crippen molar-refractivity contribution in [2.75, 3.05) is 0 Å². The Kier molecular flexibility index (Phi) is 5.63. The molecule has 1 N–H and O–H groups in total. The molecular formula is C20H16ClN2O4-.